The largest absolute Gasteiger partial charge is 0.481 e. The normalized spacial score (nSPS) is 21.6. The van der Waals surface area contributed by atoms with E-state index < -0.39 is 0 Å². The summed E-state index contributed by atoms with van der Waals surface area (Å²) in [6.07, 6.45) is 8.56. The molecule has 7 heteroatoms. The van der Waals surface area contributed by atoms with Crippen LogP contribution in [-0.2, 0) is 0 Å². The van der Waals surface area contributed by atoms with Crippen LogP contribution in [0.2, 0.25) is 0 Å². The van der Waals surface area contributed by atoms with E-state index in [0.717, 1.165) is 12.4 Å². The molecule has 132 valence electrons. The summed E-state index contributed by atoms with van der Waals surface area (Å²) in [4.78, 5) is 11.4. The SMILES string of the molecule is COc1cc(N2CCCC[C@@H]2C)nc(NC(=S)NC2CCCC2)n1. The summed E-state index contributed by atoms with van der Waals surface area (Å²) < 4.78 is 5.36. The molecule has 0 amide bonds. The number of hydrogen-bond donors (Lipinski definition) is 2. The number of anilines is 2. The van der Waals surface area contributed by atoms with Crippen LogP contribution in [0.3, 0.4) is 0 Å². The Hall–Kier alpha value is -1.63. The monoisotopic (exact) mass is 349 g/mol. The Morgan fingerprint density at radius 2 is 1.96 bits per heavy atom. The second-order valence-corrected chi connectivity index (χ2v) is 7.12. The quantitative estimate of drug-likeness (QED) is 0.810. The molecule has 2 aliphatic rings. The summed E-state index contributed by atoms with van der Waals surface area (Å²) in [5.74, 6) is 1.96. The van der Waals surface area contributed by atoms with E-state index in [1.165, 1.54) is 44.9 Å². The minimum Gasteiger partial charge on any atom is -0.481 e. The summed E-state index contributed by atoms with van der Waals surface area (Å²) >= 11 is 5.42. The van der Waals surface area contributed by atoms with Gasteiger partial charge in [0.05, 0.1) is 7.11 Å². The molecule has 6 nitrogen and oxygen atoms in total. The maximum atomic E-state index is 5.42. The highest BCUT2D eigenvalue weighted by Gasteiger charge is 2.22. The number of methoxy groups -OCH3 is 1. The molecule has 1 aliphatic heterocycles. The molecule has 0 aromatic carbocycles. The Balaban J connectivity index is 1.72. The third-order valence-corrected chi connectivity index (χ3v) is 5.13. The topological polar surface area (TPSA) is 62.3 Å². The highest BCUT2D eigenvalue weighted by atomic mass is 32.1. The standard InChI is InChI=1S/C17H27N5OS/c1-12-7-5-6-10-22(12)14-11-15(23-2)20-16(19-14)21-17(24)18-13-8-3-4-9-13/h11-13H,3-10H2,1-2H3,(H2,18,19,20,21,24)/t12-/m0/s1. The molecule has 24 heavy (non-hydrogen) atoms. The Labute approximate surface area is 149 Å². The van der Waals surface area contributed by atoms with E-state index in [9.17, 15) is 0 Å². The predicted octanol–water partition coefficient (Wildman–Crippen LogP) is 3.09. The van der Waals surface area contributed by atoms with Crippen molar-refractivity contribution < 1.29 is 4.74 Å². The zero-order chi connectivity index (χ0) is 16.9. The molecule has 0 unspecified atom stereocenters. The maximum Gasteiger partial charge on any atom is 0.234 e. The minimum atomic E-state index is 0.470. The molecule has 2 heterocycles. The zero-order valence-corrected chi connectivity index (χ0v) is 15.4. The van der Waals surface area contributed by atoms with Crippen molar-refractivity contribution in [3.05, 3.63) is 6.07 Å². The molecule has 1 aromatic heterocycles. The van der Waals surface area contributed by atoms with E-state index in [1.54, 1.807) is 7.11 Å². The van der Waals surface area contributed by atoms with Gasteiger partial charge in [-0.15, -0.1) is 0 Å². The van der Waals surface area contributed by atoms with Crippen molar-refractivity contribution in [2.45, 2.75) is 64.0 Å². The first-order valence-corrected chi connectivity index (χ1v) is 9.34. The molecule has 1 aliphatic carbocycles. The molecule has 1 atom stereocenters. The van der Waals surface area contributed by atoms with Gasteiger partial charge < -0.3 is 20.3 Å². The molecule has 1 saturated carbocycles. The third kappa shape index (κ3) is 4.26. The fraction of sp³-hybridized carbons (Fsp3) is 0.706. The smallest absolute Gasteiger partial charge is 0.234 e. The average Bonchev–Trinajstić information content (AvgIpc) is 3.07. The number of nitrogens with one attached hydrogen (secondary N) is 2. The van der Waals surface area contributed by atoms with Crippen molar-refractivity contribution >= 4 is 29.1 Å². The van der Waals surface area contributed by atoms with E-state index in [-0.39, 0.29) is 0 Å². The molecule has 0 bridgehead atoms. The van der Waals surface area contributed by atoms with Gasteiger partial charge in [0, 0.05) is 24.7 Å². The highest BCUT2D eigenvalue weighted by molar-refractivity contribution is 7.80. The molecule has 0 radical (unpaired) electrons. The molecule has 1 aromatic rings. The lowest BCUT2D eigenvalue weighted by Gasteiger charge is -2.34. The molecule has 1 saturated heterocycles. The first-order chi connectivity index (χ1) is 11.7. The fourth-order valence-electron chi connectivity index (χ4n) is 3.55. The van der Waals surface area contributed by atoms with Gasteiger partial charge in [0.2, 0.25) is 11.8 Å². The highest BCUT2D eigenvalue weighted by Crippen LogP contribution is 2.26. The van der Waals surface area contributed by atoms with Gasteiger partial charge in [-0.2, -0.15) is 9.97 Å². The van der Waals surface area contributed by atoms with Crippen LogP contribution in [0, 0.1) is 0 Å². The first kappa shape index (κ1) is 17.2. The Bertz CT molecular complexity index is 576. The summed E-state index contributed by atoms with van der Waals surface area (Å²) in [6, 6.07) is 2.85. The van der Waals surface area contributed by atoms with Gasteiger partial charge in [0.25, 0.3) is 0 Å². The van der Waals surface area contributed by atoms with Crippen molar-refractivity contribution in [3.8, 4) is 5.88 Å². The number of nitrogens with zero attached hydrogens (tertiary/aromatic N) is 3. The van der Waals surface area contributed by atoms with Crippen LogP contribution in [-0.4, -0.2) is 40.8 Å². The molecular formula is C17H27N5OS. The number of hydrogen-bond acceptors (Lipinski definition) is 5. The lowest BCUT2D eigenvalue weighted by molar-refractivity contribution is 0.396. The van der Waals surface area contributed by atoms with Crippen LogP contribution in [0.4, 0.5) is 11.8 Å². The van der Waals surface area contributed by atoms with E-state index >= 15 is 0 Å². The van der Waals surface area contributed by atoms with Crippen LogP contribution in [0.5, 0.6) is 5.88 Å². The van der Waals surface area contributed by atoms with Crippen molar-refractivity contribution in [3.63, 3.8) is 0 Å². The van der Waals surface area contributed by atoms with Crippen molar-refractivity contribution in [1.29, 1.82) is 0 Å². The van der Waals surface area contributed by atoms with Crippen molar-refractivity contribution in [2.24, 2.45) is 0 Å². The van der Waals surface area contributed by atoms with Gasteiger partial charge in [0.1, 0.15) is 5.82 Å². The molecule has 0 spiro atoms. The molecule has 2 fully saturated rings. The summed E-state index contributed by atoms with van der Waals surface area (Å²) in [5, 5.41) is 7.08. The van der Waals surface area contributed by atoms with Gasteiger partial charge in [-0.25, -0.2) is 0 Å². The van der Waals surface area contributed by atoms with Gasteiger partial charge in [-0.05, 0) is 51.2 Å². The van der Waals surface area contributed by atoms with Crippen LogP contribution < -0.4 is 20.3 Å². The van der Waals surface area contributed by atoms with E-state index in [0.29, 0.717) is 29.0 Å². The lowest BCUT2D eigenvalue weighted by Crippen LogP contribution is -2.39. The Morgan fingerprint density at radius 3 is 2.67 bits per heavy atom. The summed E-state index contributed by atoms with van der Waals surface area (Å²) in [6.45, 7) is 3.26. The van der Waals surface area contributed by atoms with E-state index in [2.05, 4.69) is 32.4 Å². The number of ether oxygens (including phenoxy) is 1. The predicted molar refractivity (Wildman–Crippen MR) is 101 cm³/mol. The maximum absolute atomic E-state index is 5.42. The van der Waals surface area contributed by atoms with E-state index in [1.807, 2.05) is 6.07 Å². The van der Waals surface area contributed by atoms with Crippen LogP contribution in [0.15, 0.2) is 6.07 Å². The molecular weight excluding hydrogens is 322 g/mol. The number of aromatic nitrogens is 2. The summed E-state index contributed by atoms with van der Waals surface area (Å²) in [7, 11) is 1.63. The second kappa shape index (κ2) is 7.96. The first-order valence-electron chi connectivity index (χ1n) is 8.93. The van der Waals surface area contributed by atoms with Gasteiger partial charge in [-0.1, -0.05) is 12.8 Å². The van der Waals surface area contributed by atoms with Crippen molar-refractivity contribution in [1.82, 2.24) is 15.3 Å². The Kier molecular flexibility index (Phi) is 5.71. The average molecular weight is 350 g/mol. The van der Waals surface area contributed by atoms with Crippen LogP contribution >= 0.6 is 12.2 Å². The van der Waals surface area contributed by atoms with Crippen LogP contribution in [0.25, 0.3) is 0 Å². The van der Waals surface area contributed by atoms with E-state index in [4.69, 9.17) is 17.0 Å². The number of piperidine rings is 1. The minimum absolute atomic E-state index is 0.470. The number of thiocarbonyl (C=S) groups is 1. The fourth-order valence-corrected chi connectivity index (χ4v) is 3.81. The summed E-state index contributed by atoms with van der Waals surface area (Å²) in [5.41, 5.74) is 0. The zero-order valence-electron chi connectivity index (χ0n) is 14.5. The van der Waals surface area contributed by atoms with Gasteiger partial charge >= 0.3 is 0 Å². The van der Waals surface area contributed by atoms with Gasteiger partial charge in [-0.3, -0.25) is 0 Å². The van der Waals surface area contributed by atoms with Gasteiger partial charge in [0.15, 0.2) is 5.11 Å². The van der Waals surface area contributed by atoms with Crippen LogP contribution in [0.1, 0.15) is 51.9 Å². The molecule has 3 rings (SSSR count). The van der Waals surface area contributed by atoms with Crippen molar-refractivity contribution in [2.75, 3.05) is 23.9 Å². The Morgan fingerprint density at radius 1 is 1.21 bits per heavy atom. The number of rotatable bonds is 4. The second-order valence-electron chi connectivity index (χ2n) is 6.71. The third-order valence-electron chi connectivity index (χ3n) is 4.91. The molecule has 2 N–H and O–H groups in total. The lowest BCUT2D eigenvalue weighted by atomic mass is 10.0.